The molecule has 0 aliphatic carbocycles. The van der Waals surface area contributed by atoms with E-state index in [1.165, 1.54) is 0 Å². The van der Waals surface area contributed by atoms with Gasteiger partial charge < -0.3 is 15.2 Å². The van der Waals surface area contributed by atoms with Crippen molar-refractivity contribution in [3.63, 3.8) is 0 Å². The molecule has 2 atom stereocenters. The van der Waals surface area contributed by atoms with Crippen LogP contribution in [0.4, 0.5) is 0 Å². The summed E-state index contributed by atoms with van der Waals surface area (Å²) in [5.41, 5.74) is 0.958. The van der Waals surface area contributed by atoms with Crippen LogP contribution in [0.5, 0.6) is 0 Å². The van der Waals surface area contributed by atoms with Gasteiger partial charge in [-0.05, 0) is 24.8 Å². The third kappa shape index (κ3) is 4.86. The maximum atomic E-state index is 12.0. The van der Waals surface area contributed by atoms with Crippen molar-refractivity contribution < 1.29 is 19.4 Å². The molecule has 0 saturated carbocycles. The van der Waals surface area contributed by atoms with Crippen LogP contribution in [-0.4, -0.2) is 36.7 Å². The fourth-order valence-electron chi connectivity index (χ4n) is 2.46. The van der Waals surface area contributed by atoms with Gasteiger partial charge in [-0.2, -0.15) is 0 Å². The number of carbonyl (C=O) groups excluding carboxylic acids is 1. The van der Waals surface area contributed by atoms with Gasteiger partial charge in [-0.15, -0.1) is 0 Å². The summed E-state index contributed by atoms with van der Waals surface area (Å²) in [6, 6.07) is 9.45. The van der Waals surface area contributed by atoms with E-state index in [-0.39, 0.29) is 18.4 Å². The second kappa shape index (κ2) is 7.78. The lowest BCUT2D eigenvalue weighted by molar-refractivity contribution is -0.141. The van der Waals surface area contributed by atoms with Crippen molar-refractivity contribution in [2.45, 2.75) is 19.3 Å². The molecule has 1 aliphatic heterocycles. The normalized spacial score (nSPS) is 19.7. The summed E-state index contributed by atoms with van der Waals surface area (Å²) in [7, 11) is 0. The first-order chi connectivity index (χ1) is 10.2. The predicted molar refractivity (Wildman–Crippen MR) is 77.8 cm³/mol. The van der Waals surface area contributed by atoms with Crippen LogP contribution in [0.1, 0.15) is 18.4 Å². The first-order valence-corrected chi connectivity index (χ1v) is 7.29. The van der Waals surface area contributed by atoms with Gasteiger partial charge in [0.15, 0.2) is 0 Å². The molecule has 2 N–H and O–H groups in total. The number of hydrogen-bond acceptors (Lipinski definition) is 3. The molecular weight excluding hydrogens is 270 g/mol. The van der Waals surface area contributed by atoms with Gasteiger partial charge in [0.1, 0.15) is 0 Å². The summed E-state index contributed by atoms with van der Waals surface area (Å²) in [6.07, 6.45) is 2.10. The van der Waals surface area contributed by atoms with E-state index in [1.807, 2.05) is 30.3 Å². The highest BCUT2D eigenvalue weighted by atomic mass is 16.5. The van der Waals surface area contributed by atoms with E-state index in [0.29, 0.717) is 19.6 Å². The molecule has 1 aliphatic rings. The Balaban J connectivity index is 1.85. The smallest absolute Gasteiger partial charge is 0.308 e. The van der Waals surface area contributed by atoms with Gasteiger partial charge in [0, 0.05) is 13.2 Å². The first-order valence-electron chi connectivity index (χ1n) is 7.29. The Bertz CT molecular complexity index is 468. The highest BCUT2D eigenvalue weighted by Crippen LogP contribution is 2.14. The van der Waals surface area contributed by atoms with Crippen molar-refractivity contribution >= 4 is 11.9 Å². The van der Waals surface area contributed by atoms with Crippen molar-refractivity contribution in [3.05, 3.63) is 35.9 Å². The van der Waals surface area contributed by atoms with Crippen LogP contribution in [0.25, 0.3) is 0 Å². The Kier molecular flexibility index (Phi) is 5.75. The zero-order chi connectivity index (χ0) is 15.1. The quantitative estimate of drug-likeness (QED) is 0.832. The van der Waals surface area contributed by atoms with E-state index >= 15 is 0 Å². The summed E-state index contributed by atoms with van der Waals surface area (Å²) >= 11 is 0. The summed E-state index contributed by atoms with van der Waals surface area (Å²) in [6.45, 7) is 1.29. The van der Waals surface area contributed by atoms with E-state index in [4.69, 9.17) is 4.74 Å². The van der Waals surface area contributed by atoms with Crippen LogP contribution in [0.3, 0.4) is 0 Å². The molecule has 1 heterocycles. The minimum atomic E-state index is -0.890. The van der Waals surface area contributed by atoms with Crippen LogP contribution in [0.15, 0.2) is 30.3 Å². The van der Waals surface area contributed by atoms with Crippen molar-refractivity contribution in [1.82, 2.24) is 5.32 Å². The van der Waals surface area contributed by atoms with Gasteiger partial charge in [0.25, 0.3) is 0 Å². The first kappa shape index (κ1) is 15.5. The molecule has 0 bridgehead atoms. The van der Waals surface area contributed by atoms with Gasteiger partial charge in [-0.1, -0.05) is 30.3 Å². The fraction of sp³-hybridized carbons (Fsp3) is 0.500. The van der Waals surface area contributed by atoms with E-state index in [9.17, 15) is 14.7 Å². The molecule has 0 spiro atoms. The van der Waals surface area contributed by atoms with Crippen LogP contribution in [-0.2, 0) is 20.7 Å². The number of benzene rings is 1. The minimum absolute atomic E-state index is 0.103. The number of hydrogen-bond donors (Lipinski definition) is 2. The Morgan fingerprint density at radius 1 is 1.33 bits per heavy atom. The molecule has 1 saturated heterocycles. The van der Waals surface area contributed by atoms with Gasteiger partial charge in [0.2, 0.25) is 5.91 Å². The molecule has 1 aromatic rings. The molecule has 1 amide bonds. The van der Waals surface area contributed by atoms with E-state index < -0.39 is 11.9 Å². The van der Waals surface area contributed by atoms with E-state index in [1.54, 1.807) is 0 Å². The number of carbonyl (C=O) groups is 2. The largest absolute Gasteiger partial charge is 0.481 e. The molecule has 0 radical (unpaired) electrons. The molecule has 2 rings (SSSR count). The molecular formula is C16H21NO4. The second-order valence-electron chi connectivity index (χ2n) is 5.38. The molecule has 0 aromatic heterocycles. The van der Waals surface area contributed by atoms with E-state index in [0.717, 1.165) is 18.4 Å². The standard InChI is InChI=1S/C16H21NO4/c18-15(13-7-4-8-21-11-13)17-10-14(16(19)20)9-12-5-2-1-3-6-12/h1-3,5-6,13-14H,4,7-11H2,(H,17,18)(H,19,20). The molecule has 2 unspecified atom stereocenters. The Morgan fingerprint density at radius 2 is 2.10 bits per heavy atom. The predicted octanol–water partition coefficient (Wildman–Crippen LogP) is 1.47. The monoisotopic (exact) mass is 291 g/mol. The van der Waals surface area contributed by atoms with Crippen molar-refractivity contribution in [3.8, 4) is 0 Å². The number of amides is 1. The van der Waals surface area contributed by atoms with Crippen LogP contribution < -0.4 is 5.32 Å². The van der Waals surface area contributed by atoms with Crippen molar-refractivity contribution in [2.75, 3.05) is 19.8 Å². The number of rotatable bonds is 6. The molecule has 5 nitrogen and oxygen atoms in total. The zero-order valence-electron chi connectivity index (χ0n) is 12.0. The van der Waals surface area contributed by atoms with Crippen LogP contribution in [0.2, 0.25) is 0 Å². The highest BCUT2D eigenvalue weighted by Gasteiger charge is 2.24. The average Bonchev–Trinajstić information content (AvgIpc) is 2.52. The maximum absolute atomic E-state index is 12.0. The maximum Gasteiger partial charge on any atom is 0.308 e. The lowest BCUT2D eigenvalue weighted by Gasteiger charge is -2.22. The fourth-order valence-corrected chi connectivity index (χ4v) is 2.46. The topological polar surface area (TPSA) is 75.6 Å². The van der Waals surface area contributed by atoms with Crippen molar-refractivity contribution in [2.24, 2.45) is 11.8 Å². The van der Waals surface area contributed by atoms with Crippen LogP contribution in [0, 0.1) is 11.8 Å². The van der Waals surface area contributed by atoms with E-state index in [2.05, 4.69) is 5.32 Å². The summed E-state index contributed by atoms with van der Waals surface area (Å²) in [5, 5.41) is 12.0. The number of aliphatic carboxylic acids is 1. The van der Waals surface area contributed by atoms with Gasteiger partial charge in [0.05, 0.1) is 18.4 Å². The number of carboxylic acid groups (broad SMARTS) is 1. The molecule has 21 heavy (non-hydrogen) atoms. The van der Waals surface area contributed by atoms with Gasteiger partial charge >= 0.3 is 5.97 Å². The third-order valence-electron chi connectivity index (χ3n) is 3.73. The summed E-state index contributed by atoms with van der Waals surface area (Å²) in [5.74, 6) is -1.75. The third-order valence-corrected chi connectivity index (χ3v) is 3.73. The molecule has 5 heteroatoms. The van der Waals surface area contributed by atoms with Crippen molar-refractivity contribution in [1.29, 1.82) is 0 Å². The van der Waals surface area contributed by atoms with Gasteiger partial charge in [-0.3, -0.25) is 9.59 Å². The lowest BCUT2D eigenvalue weighted by atomic mass is 9.98. The van der Waals surface area contributed by atoms with Crippen LogP contribution >= 0.6 is 0 Å². The van der Waals surface area contributed by atoms with Gasteiger partial charge in [-0.25, -0.2) is 0 Å². The average molecular weight is 291 g/mol. The summed E-state index contributed by atoms with van der Waals surface area (Å²) < 4.78 is 5.28. The number of carboxylic acids is 1. The SMILES string of the molecule is O=C(O)C(CNC(=O)C1CCCOC1)Cc1ccccc1. The minimum Gasteiger partial charge on any atom is -0.481 e. The Hall–Kier alpha value is -1.88. The highest BCUT2D eigenvalue weighted by molar-refractivity contribution is 5.79. The second-order valence-corrected chi connectivity index (χ2v) is 5.38. The molecule has 114 valence electrons. The molecule has 1 fully saturated rings. The zero-order valence-corrected chi connectivity index (χ0v) is 12.0. The number of nitrogens with one attached hydrogen (secondary N) is 1. The summed E-state index contributed by atoms with van der Waals surface area (Å²) in [4.78, 5) is 23.3. The lowest BCUT2D eigenvalue weighted by Crippen LogP contribution is -2.40. The molecule has 1 aromatic carbocycles. The number of ether oxygens (including phenoxy) is 1. The Labute approximate surface area is 124 Å². The Morgan fingerprint density at radius 3 is 2.71 bits per heavy atom.